The highest BCUT2D eigenvalue weighted by molar-refractivity contribution is 6.30. The van der Waals surface area contributed by atoms with E-state index in [9.17, 15) is 67.7 Å². The van der Waals surface area contributed by atoms with Crippen molar-refractivity contribution in [1.29, 1.82) is 0 Å². The molecule has 0 bridgehead atoms. The Morgan fingerprint density at radius 2 is 1.07 bits per heavy atom. The lowest BCUT2D eigenvalue weighted by Gasteiger charge is -2.31. The molecule has 20 N–H and O–H groups in total. The van der Waals surface area contributed by atoms with Crippen LogP contribution in [0.2, 0.25) is 5.02 Å². The average Bonchev–Trinajstić information content (AvgIpc) is 1.13. The molecule has 13 amide bonds. The number of hydrogen-bond donors (Lipinski definition) is 16. The number of likely N-dealkylation sites (tertiary alicyclic amines) is 1. The number of halogens is 1. The van der Waals surface area contributed by atoms with Crippen LogP contribution in [0.1, 0.15) is 94.9 Å². The Labute approximate surface area is 595 Å². The van der Waals surface area contributed by atoms with E-state index in [2.05, 4.69) is 63.1 Å². The van der Waals surface area contributed by atoms with Gasteiger partial charge in [-0.3, -0.25) is 62.7 Å². The Hall–Kier alpha value is -10.9. The minimum atomic E-state index is -1.85. The largest absolute Gasteiger partial charge is 0.508 e. The summed E-state index contributed by atoms with van der Waals surface area (Å²) in [5, 5.41) is 49.5. The number of amides is 13. The standard InChI is InChI=1S/C70H92ClN17O14/c1-39(2)31-52(61(94)82-51(15-9-28-77-69(73)74)68(101)88-30-10-16-58(88)67(100)79-40(3)59(72)92)83-60(93)50(14-8-29-78-70(75)102)81-63(96)54(34-43-20-25-49(91)26-21-43)86-66(99)57(38-89)87-65(98)56(36-45-11-7-27-76-37-45)85-64(97)55(33-42-18-23-48(71)24-19-42)84-62(95)53(80-41(4)90)35-44-17-22-46-12-5-6-13-47(46)32-44/h5-7,11-13,17-27,32,37,39-40,50-58,89,91H,8-10,14-16,28-31,33-36,38H2,1-4H3,(H2,72,92)(H,79,100)(H,80,90)(H,81,96)(H,82,94)(H,83,93)(H,84,95)(H,85,97)(H,86,99)(H,87,98)(H4,73,74,77)(H3,75,78,102)/t40-,50+,51-,52-,53+,54-,55+,56+,57-,58-/m0/s1. The van der Waals surface area contributed by atoms with Gasteiger partial charge in [-0.05, 0) is 121 Å². The van der Waals surface area contributed by atoms with Gasteiger partial charge in [0.15, 0.2) is 5.96 Å². The number of phenols is 1. The number of pyridine rings is 1. The predicted molar refractivity (Wildman–Crippen MR) is 378 cm³/mol. The monoisotopic (exact) mass is 1430 g/mol. The number of urea groups is 1. The number of benzene rings is 4. The number of nitrogens with one attached hydrogen (secondary N) is 10. The molecule has 1 aromatic heterocycles. The highest BCUT2D eigenvalue weighted by atomic mass is 35.5. The zero-order valence-electron chi connectivity index (χ0n) is 57.2. The molecule has 0 radical (unpaired) electrons. The van der Waals surface area contributed by atoms with Crippen LogP contribution in [0.3, 0.4) is 0 Å². The molecule has 0 unspecified atom stereocenters. The van der Waals surface area contributed by atoms with Gasteiger partial charge in [-0.1, -0.05) is 98.2 Å². The smallest absolute Gasteiger partial charge is 0.312 e. The van der Waals surface area contributed by atoms with Crippen LogP contribution in [-0.4, -0.2) is 184 Å². The van der Waals surface area contributed by atoms with Crippen LogP contribution >= 0.6 is 11.6 Å². The highest BCUT2D eigenvalue weighted by Gasteiger charge is 2.40. The first-order chi connectivity index (χ1) is 48.6. The van der Waals surface area contributed by atoms with Gasteiger partial charge in [0.1, 0.15) is 66.2 Å². The molecule has 0 aliphatic carbocycles. The summed E-state index contributed by atoms with van der Waals surface area (Å²) in [6.07, 6.45) is 2.70. The summed E-state index contributed by atoms with van der Waals surface area (Å²) >= 11 is 6.23. The van der Waals surface area contributed by atoms with E-state index in [1.54, 1.807) is 50.2 Å². The Morgan fingerprint density at radius 3 is 1.63 bits per heavy atom. The zero-order chi connectivity index (χ0) is 74.6. The highest BCUT2D eigenvalue weighted by Crippen LogP contribution is 2.22. The molecular formula is C70H92ClN17O14. The lowest BCUT2D eigenvalue weighted by atomic mass is 9.99. The maximum Gasteiger partial charge on any atom is 0.312 e. The fourth-order valence-electron chi connectivity index (χ4n) is 11.4. The summed E-state index contributed by atoms with van der Waals surface area (Å²) in [6, 6.07) is 13.5. The molecule has 0 saturated carbocycles. The number of nitrogens with two attached hydrogens (primary N) is 4. The van der Waals surface area contributed by atoms with Crippen molar-refractivity contribution in [2.75, 3.05) is 26.2 Å². The van der Waals surface area contributed by atoms with Gasteiger partial charge in [-0.25, -0.2) is 4.79 Å². The van der Waals surface area contributed by atoms with Crippen LogP contribution in [0, 0.1) is 5.92 Å². The number of phenolic OH excluding ortho intramolecular Hbond substituents is 1. The molecule has 1 aliphatic heterocycles. The number of fused-ring (bicyclic) bond motifs is 1. The molecular weight excluding hydrogens is 1340 g/mol. The number of hydrogen-bond acceptors (Lipinski definition) is 16. The van der Waals surface area contributed by atoms with Crippen molar-refractivity contribution in [3.63, 3.8) is 0 Å². The van der Waals surface area contributed by atoms with Crippen LogP contribution in [0.5, 0.6) is 5.75 Å². The molecule has 2 heterocycles. The van der Waals surface area contributed by atoms with E-state index in [0.29, 0.717) is 33.7 Å². The van der Waals surface area contributed by atoms with Crippen LogP contribution in [0.4, 0.5) is 4.79 Å². The summed E-state index contributed by atoms with van der Waals surface area (Å²) in [7, 11) is 0. The number of carbonyl (C=O) groups excluding carboxylic acids is 12. The molecule has 102 heavy (non-hydrogen) atoms. The van der Waals surface area contributed by atoms with Crippen LogP contribution in [-0.2, 0) is 78.4 Å². The summed E-state index contributed by atoms with van der Waals surface area (Å²) in [5.74, 6) is -9.82. The second-order valence-electron chi connectivity index (χ2n) is 25.4. The van der Waals surface area contributed by atoms with E-state index in [-0.39, 0.29) is 101 Å². The van der Waals surface area contributed by atoms with Gasteiger partial charge >= 0.3 is 6.03 Å². The lowest BCUT2D eigenvalue weighted by molar-refractivity contribution is -0.142. The molecule has 548 valence electrons. The van der Waals surface area contributed by atoms with E-state index in [1.807, 2.05) is 42.5 Å². The maximum absolute atomic E-state index is 14.9. The molecule has 5 aromatic rings. The Bertz CT molecular complexity index is 3770. The second kappa shape index (κ2) is 39.7. The van der Waals surface area contributed by atoms with Crippen LogP contribution in [0.25, 0.3) is 10.8 Å². The molecule has 1 aliphatic rings. The quantitative estimate of drug-likeness (QED) is 0.0132. The third kappa shape index (κ3) is 26.0. The molecule has 6 rings (SSSR count). The average molecular weight is 1430 g/mol. The fourth-order valence-corrected chi connectivity index (χ4v) is 11.5. The third-order valence-electron chi connectivity index (χ3n) is 16.7. The Kier molecular flexibility index (Phi) is 31.2. The predicted octanol–water partition coefficient (Wildman–Crippen LogP) is -0.716. The molecule has 0 spiro atoms. The first-order valence-corrected chi connectivity index (χ1v) is 33.8. The topological polar surface area (TPSA) is 498 Å². The number of aromatic hydroxyl groups is 1. The second-order valence-corrected chi connectivity index (χ2v) is 25.8. The Morgan fingerprint density at radius 1 is 0.569 bits per heavy atom. The van der Waals surface area contributed by atoms with Gasteiger partial charge in [0, 0.05) is 69.7 Å². The number of rotatable bonds is 38. The van der Waals surface area contributed by atoms with Crippen molar-refractivity contribution < 1.29 is 67.7 Å². The van der Waals surface area contributed by atoms with E-state index < -0.39 is 138 Å². The molecule has 31 nitrogen and oxygen atoms in total. The van der Waals surface area contributed by atoms with Gasteiger partial charge in [0.2, 0.25) is 65.0 Å². The number of aliphatic hydroxyl groups is 1. The molecule has 1 fully saturated rings. The number of aromatic nitrogens is 1. The van der Waals surface area contributed by atoms with Crippen molar-refractivity contribution in [3.05, 3.63) is 143 Å². The van der Waals surface area contributed by atoms with Gasteiger partial charge in [0.05, 0.1) is 6.61 Å². The number of aliphatic hydroxyl groups excluding tert-OH is 1. The third-order valence-corrected chi connectivity index (χ3v) is 16.9. The first kappa shape index (κ1) is 80.0. The van der Waals surface area contributed by atoms with Gasteiger partial charge in [-0.15, -0.1) is 0 Å². The normalized spacial score (nSPS) is 15.2. The van der Waals surface area contributed by atoms with Crippen molar-refractivity contribution >= 4 is 99.3 Å². The van der Waals surface area contributed by atoms with Gasteiger partial charge in [0.25, 0.3) is 0 Å². The molecule has 4 aromatic carbocycles. The maximum atomic E-state index is 14.9. The van der Waals surface area contributed by atoms with Gasteiger partial charge < -0.3 is 91.2 Å². The summed E-state index contributed by atoms with van der Waals surface area (Å²) in [6.45, 7) is 5.15. The number of primary amides is 2. The van der Waals surface area contributed by atoms with E-state index in [0.717, 1.165) is 10.8 Å². The molecule has 32 heteroatoms. The number of guanidine groups is 1. The van der Waals surface area contributed by atoms with Crippen molar-refractivity contribution in [3.8, 4) is 5.75 Å². The Balaban J connectivity index is 1.26. The van der Waals surface area contributed by atoms with Crippen LogP contribution in [0.15, 0.2) is 121 Å². The lowest BCUT2D eigenvalue weighted by Crippen LogP contribution is -2.61. The van der Waals surface area contributed by atoms with Crippen molar-refractivity contribution in [1.82, 2.24) is 63.1 Å². The minimum Gasteiger partial charge on any atom is -0.508 e. The van der Waals surface area contributed by atoms with E-state index >= 15 is 0 Å². The SMILES string of the molecule is CC(=O)N[C@H](Cc1ccc2ccccc2c1)C(=O)N[C@H](Cc1ccc(Cl)cc1)C(=O)N[C@H](Cc1cccnc1)C(=O)N[C@@H](CO)C(=O)N[C@@H](Cc1ccc(O)cc1)C(=O)N[C@H](CCCNC(N)=O)C(=O)N[C@@H](CC(C)C)C(=O)N[C@@H](CCCN=C(N)N)C(=O)N1CCC[C@H]1C(=O)N[C@@H](C)C(N)=O. The van der Waals surface area contributed by atoms with Crippen molar-refractivity contribution in [2.45, 2.75) is 159 Å². The van der Waals surface area contributed by atoms with E-state index in [1.165, 1.54) is 55.4 Å². The number of carbonyl (C=O) groups is 12. The molecule has 1 saturated heterocycles. The van der Waals surface area contributed by atoms with Crippen LogP contribution < -0.4 is 76.1 Å². The summed E-state index contributed by atoms with van der Waals surface area (Å²) in [4.78, 5) is 176. The van der Waals surface area contributed by atoms with E-state index in [4.69, 9.17) is 34.5 Å². The summed E-state index contributed by atoms with van der Waals surface area (Å²) in [5.41, 5.74) is 23.9. The zero-order valence-corrected chi connectivity index (χ0v) is 58.0. The first-order valence-electron chi connectivity index (χ1n) is 33.5. The minimum absolute atomic E-state index is 0.000209. The summed E-state index contributed by atoms with van der Waals surface area (Å²) < 4.78 is 0. The fraction of sp³-hybridized carbons (Fsp3) is 0.429. The molecule has 10 atom stereocenters. The number of nitrogens with zero attached hydrogens (tertiary/aromatic N) is 3. The number of aliphatic imine (C=N–C) groups is 1. The van der Waals surface area contributed by atoms with Crippen molar-refractivity contribution in [2.24, 2.45) is 33.8 Å². The van der Waals surface area contributed by atoms with Gasteiger partial charge in [-0.2, -0.15) is 0 Å².